The van der Waals surface area contributed by atoms with Gasteiger partial charge in [0.25, 0.3) is 0 Å². The van der Waals surface area contributed by atoms with Gasteiger partial charge in [0.05, 0.1) is 23.8 Å². The van der Waals surface area contributed by atoms with Crippen molar-refractivity contribution < 1.29 is 19.3 Å². The number of aryl methyl sites for hydroxylation is 1. The van der Waals surface area contributed by atoms with E-state index in [4.69, 9.17) is 25.8 Å². The van der Waals surface area contributed by atoms with Gasteiger partial charge in [0.15, 0.2) is 12.1 Å². The summed E-state index contributed by atoms with van der Waals surface area (Å²) in [4.78, 5) is 8.80. The molecule has 0 saturated carbocycles. The van der Waals surface area contributed by atoms with Crippen LogP contribution in [0.3, 0.4) is 0 Å². The van der Waals surface area contributed by atoms with E-state index in [1.807, 2.05) is 37.3 Å². The van der Waals surface area contributed by atoms with E-state index < -0.39 is 18.5 Å². The fraction of sp³-hybridized carbons (Fsp3) is 0.409. The second kappa shape index (κ2) is 8.81. The first-order chi connectivity index (χ1) is 15.4. The highest BCUT2D eigenvalue weighted by Gasteiger charge is 2.49. The van der Waals surface area contributed by atoms with Crippen LogP contribution in [0.25, 0.3) is 5.69 Å². The maximum Gasteiger partial charge on any atom is 0.184 e. The third-order valence-corrected chi connectivity index (χ3v) is 6.64. The standard InChI is InChI=1S/C22H22BrClN4O4/c1-11-17(29)19(21-26-12(2)27-28(21)15-8-14(24)9-25-20(15)23)31-16-10-30-22(32-18(11)16)13-6-4-3-5-7-13/h3-9,11,16-19,22,29H,10H2,1-2H3/t11?,16?,17?,18-,19-,22?/m1/s1. The van der Waals surface area contributed by atoms with Gasteiger partial charge in [-0.1, -0.05) is 48.9 Å². The van der Waals surface area contributed by atoms with Gasteiger partial charge in [-0.25, -0.2) is 14.6 Å². The molecular weight excluding hydrogens is 500 g/mol. The van der Waals surface area contributed by atoms with Gasteiger partial charge in [0.1, 0.15) is 28.3 Å². The molecule has 0 amide bonds. The van der Waals surface area contributed by atoms with Crippen molar-refractivity contribution in [3.05, 3.63) is 69.4 Å². The Bertz CT molecular complexity index is 1110. The summed E-state index contributed by atoms with van der Waals surface area (Å²) in [5.74, 6) is 0.785. The average Bonchev–Trinajstić information content (AvgIpc) is 3.19. The third kappa shape index (κ3) is 3.98. The Balaban J connectivity index is 1.44. The van der Waals surface area contributed by atoms with E-state index in [0.717, 1.165) is 5.56 Å². The summed E-state index contributed by atoms with van der Waals surface area (Å²) < 4.78 is 20.6. The van der Waals surface area contributed by atoms with Crippen molar-refractivity contribution in [2.75, 3.05) is 6.61 Å². The van der Waals surface area contributed by atoms with Crippen LogP contribution in [-0.4, -0.2) is 49.8 Å². The van der Waals surface area contributed by atoms with Crippen molar-refractivity contribution in [3.8, 4) is 5.69 Å². The number of pyridine rings is 1. The second-order valence-corrected chi connectivity index (χ2v) is 9.20. The van der Waals surface area contributed by atoms with E-state index in [1.165, 1.54) is 6.20 Å². The lowest BCUT2D eigenvalue weighted by atomic mass is 9.86. The van der Waals surface area contributed by atoms with Gasteiger partial charge >= 0.3 is 0 Å². The molecule has 0 aliphatic carbocycles. The van der Waals surface area contributed by atoms with E-state index in [-0.39, 0.29) is 18.1 Å². The highest BCUT2D eigenvalue weighted by molar-refractivity contribution is 9.10. The lowest BCUT2D eigenvalue weighted by Crippen LogP contribution is -2.55. The number of nitrogens with zero attached hydrogens (tertiary/aromatic N) is 4. The summed E-state index contributed by atoms with van der Waals surface area (Å²) in [6, 6.07) is 11.5. The molecule has 10 heteroatoms. The van der Waals surface area contributed by atoms with Crippen LogP contribution < -0.4 is 0 Å². The van der Waals surface area contributed by atoms with E-state index in [9.17, 15) is 5.11 Å². The Kier molecular flexibility index (Phi) is 6.04. The van der Waals surface area contributed by atoms with Crippen molar-refractivity contribution in [2.45, 2.75) is 44.6 Å². The zero-order valence-corrected chi connectivity index (χ0v) is 19.8. The minimum absolute atomic E-state index is 0.222. The molecule has 2 saturated heterocycles. The predicted molar refractivity (Wildman–Crippen MR) is 119 cm³/mol. The Hall–Kier alpha value is -1.88. The van der Waals surface area contributed by atoms with Crippen molar-refractivity contribution in [1.29, 1.82) is 0 Å². The Morgan fingerprint density at radius 2 is 2.00 bits per heavy atom. The maximum absolute atomic E-state index is 11.2. The highest BCUT2D eigenvalue weighted by Crippen LogP contribution is 2.41. The summed E-state index contributed by atoms with van der Waals surface area (Å²) >= 11 is 9.60. The molecule has 2 aromatic heterocycles. The fourth-order valence-electron chi connectivity index (χ4n) is 4.22. The zero-order chi connectivity index (χ0) is 22.4. The fourth-order valence-corrected chi connectivity index (χ4v) is 4.75. The van der Waals surface area contributed by atoms with Crippen LogP contribution in [0.5, 0.6) is 0 Å². The lowest BCUT2D eigenvalue weighted by Gasteiger charge is -2.47. The Morgan fingerprint density at radius 3 is 2.78 bits per heavy atom. The average molecular weight is 522 g/mol. The molecule has 0 bridgehead atoms. The van der Waals surface area contributed by atoms with E-state index in [1.54, 1.807) is 17.7 Å². The molecule has 1 N–H and O–H groups in total. The SMILES string of the molecule is Cc1nc([C@@H]2OC3COC(c4ccccc4)O[C@@H]3C(C)C2O)n(-c2cc(Cl)cnc2Br)n1. The number of aromatic nitrogens is 4. The molecule has 0 radical (unpaired) electrons. The molecule has 2 aliphatic heterocycles. The molecule has 8 nitrogen and oxygen atoms in total. The Labute approximate surface area is 198 Å². The molecule has 1 aromatic carbocycles. The van der Waals surface area contributed by atoms with E-state index in [0.29, 0.717) is 33.6 Å². The topological polar surface area (TPSA) is 91.5 Å². The Morgan fingerprint density at radius 1 is 1.22 bits per heavy atom. The first-order valence-electron chi connectivity index (χ1n) is 10.3. The summed E-state index contributed by atoms with van der Waals surface area (Å²) in [5, 5.41) is 16.2. The predicted octanol–water partition coefficient (Wildman–Crippen LogP) is 3.94. The van der Waals surface area contributed by atoms with E-state index >= 15 is 0 Å². The number of benzene rings is 1. The number of aliphatic hydroxyl groups excluding tert-OH is 1. The molecule has 6 atom stereocenters. The normalized spacial score (nSPS) is 30.2. The minimum Gasteiger partial charge on any atom is -0.390 e. The summed E-state index contributed by atoms with van der Waals surface area (Å²) in [6.07, 6.45) is -1.22. The van der Waals surface area contributed by atoms with Crippen LogP contribution in [0, 0.1) is 12.8 Å². The van der Waals surface area contributed by atoms with E-state index in [2.05, 4.69) is 31.0 Å². The summed E-state index contributed by atoms with van der Waals surface area (Å²) in [6.45, 7) is 4.08. The molecule has 4 unspecified atom stereocenters. The number of hydrogen-bond donors (Lipinski definition) is 1. The maximum atomic E-state index is 11.2. The van der Waals surface area contributed by atoms with Gasteiger partial charge in [-0.2, -0.15) is 5.10 Å². The minimum atomic E-state index is -0.862. The summed E-state index contributed by atoms with van der Waals surface area (Å²) in [5.41, 5.74) is 1.54. The number of rotatable bonds is 3. The number of ether oxygens (including phenoxy) is 3. The highest BCUT2D eigenvalue weighted by atomic mass is 79.9. The third-order valence-electron chi connectivity index (χ3n) is 5.83. The molecular formula is C22H22BrClN4O4. The van der Waals surface area contributed by atoms with Crippen LogP contribution in [0.15, 0.2) is 47.2 Å². The summed E-state index contributed by atoms with van der Waals surface area (Å²) in [7, 11) is 0. The number of hydrogen-bond acceptors (Lipinski definition) is 7. The van der Waals surface area contributed by atoms with Gasteiger partial charge < -0.3 is 19.3 Å². The molecule has 168 valence electrons. The zero-order valence-electron chi connectivity index (χ0n) is 17.4. The molecule has 3 aromatic rings. The van der Waals surface area contributed by atoms with Crippen molar-refractivity contribution in [3.63, 3.8) is 0 Å². The quantitative estimate of drug-likeness (QED) is 0.522. The largest absolute Gasteiger partial charge is 0.390 e. The monoisotopic (exact) mass is 520 g/mol. The van der Waals surface area contributed by atoms with Crippen LogP contribution in [-0.2, 0) is 14.2 Å². The van der Waals surface area contributed by atoms with Gasteiger partial charge in [-0.3, -0.25) is 0 Å². The molecule has 4 heterocycles. The first-order valence-corrected chi connectivity index (χ1v) is 11.5. The number of halogens is 2. The second-order valence-electron chi connectivity index (χ2n) is 8.01. The molecule has 0 spiro atoms. The molecule has 32 heavy (non-hydrogen) atoms. The van der Waals surface area contributed by atoms with Crippen molar-refractivity contribution in [2.24, 2.45) is 5.92 Å². The van der Waals surface area contributed by atoms with Crippen LogP contribution in [0.4, 0.5) is 0 Å². The van der Waals surface area contributed by atoms with Gasteiger partial charge in [0.2, 0.25) is 0 Å². The molecule has 2 aliphatic rings. The number of aliphatic hydroxyl groups is 1. The van der Waals surface area contributed by atoms with Gasteiger partial charge in [-0.05, 0) is 28.9 Å². The van der Waals surface area contributed by atoms with Crippen molar-refractivity contribution >= 4 is 27.5 Å². The van der Waals surface area contributed by atoms with Gasteiger partial charge in [0, 0.05) is 17.7 Å². The molecule has 5 rings (SSSR count). The number of fused-ring (bicyclic) bond motifs is 1. The van der Waals surface area contributed by atoms with Crippen molar-refractivity contribution in [1.82, 2.24) is 19.7 Å². The first kappa shape index (κ1) is 21.9. The van der Waals surface area contributed by atoms with Crippen LogP contribution in [0.1, 0.15) is 36.5 Å². The van der Waals surface area contributed by atoms with Gasteiger partial charge in [-0.15, -0.1) is 0 Å². The smallest absolute Gasteiger partial charge is 0.184 e. The molecule has 2 fully saturated rings. The lowest BCUT2D eigenvalue weighted by molar-refractivity contribution is -0.319. The van der Waals surface area contributed by atoms with Crippen LogP contribution >= 0.6 is 27.5 Å². The van der Waals surface area contributed by atoms with Crippen LogP contribution in [0.2, 0.25) is 5.02 Å².